The predicted octanol–water partition coefficient (Wildman–Crippen LogP) is 14.2. The minimum absolute atomic E-state index is 0. The number of alkyl carbamates (subject to hydrolysis) is 2. The quantitative estimate of drug-likeness (QED) is 0.00630. The Labute approximate surface area is 791 Å². The van der Waals surface area contributed by atoms with Gasteiger partial charge < -0.3 is 67.4 Å². The minimum atomic E-state index is -3.68. The Morgan fingerprint density at radius 2 is 0.822 bits per heavy atom. The molecule has 9 aromatic rings. The summed E-state index contributed by atoms with van der Waals surface area (Å²) >= 11 is 0. The maximum atomic E-state index is 12.1. The van der Waals surface area contributed by atoms with E-state index < -0.39 is 42.1 Å². The van der Waals surface area contributed by atoms with Gasteiger partial charge in [0.1, 0.15) is 22.9 Å². The van der Waals surface area contributed by atoms with Gasteiger partial charge in [0.15, 0.2) is 23.1 Å². The van der Waals surface area contributed by atoms with Gasteiger partial charge in [0.05, 0.1) is 28.1 Å². The van der Waals surface area contributed by atoms with Gasteiger partial charge >= 0.3 is 37.0 Å². The molecule has 0 aromatic heterocycles. The van der Waals surface area contributed by atoms with Crippen LogP contribution in [0.1, 0.15) is 234 Å². The van der Waals surface area contributed by atoms with Gasteiger partial charge in [-0.2, -0.15) is 8.42 Å². The Kier molecular flexibility index (Phi) is 48.9. The van der Waals surface area contributed by atoms with E-state index in [1.54, 1.807) is 36.4 Å². The molecule has 0 saturated heterocycles. The van der Waals surface area contributed by atoms with E-state index in [9.17, 15) is 36.0 Å². The molecule has 9 N–H and O–H groups in total. The Bertz CT molecular complexity index is 5050. The number of esters is 1. The van der Waals surface area contributed by atoms with Crippen molar-refractivity contribution < 1.29 is 109 Å². The molecule has 694 valence electrons. The summed E-state index contributed by atoms with van der Waals surface area (Å²) in [5.74, 6) is 0.135. The van der Waals surface area contributed by atoms with Crippen LogP contribution in [0.4, 0.5) is 9.59 Å². The summed E-state index contributed by atoms with van der Waals surface area (Å²) in [5, 5.41) is 35.1. The number of rotatable bonds is 21. The maximum Gasteiger partial charge on any atom is 1.00 e. The molecular formula is C100H132AlClLiN5O19S2. The van der Waals surface area contributed by atoms with Gasteiger partial charge in [0.2, 0.25) is 0 Å². The summed E-state index contributed by atoms with van der Waals surface area (Å²) < 4.78 is 77.8. The number of nitrogens with one attached hydrogen (secondary N) is 4. The number of fused-ring (bicyclic) bond motifs is 7. The molecule has 7 aliphatic rings. The van der Waals surface area contributed by atoms with Crippen LogP contribution in [0.5, 0.6) is 0 Å². The third kappa shape index (κ3) is 39.7. The van der Waals surface area contributed by atoms with E-state index in [1.807, 2.05) is 149 Å². The SMILES string of the molecule is CC(C)(C)OC(=O)CCCOC1Cc2ccccc21.CC(C)(C)OC(=O)NCCN.CC(C)(C)OC(=O)NCCNC1Cc2ccccc21.CCCNC1Cc2ccccc21.CCCOC1Cc2ccccc21.Cc1ccc(S(=O)(=O)Cl)cc1.Cc1ccc(S(=O)(=O)OC2Cc3ccccc32)cc1.O=C1Cc2ccccc21.O=CO.O=CO.OC1Cc2ccccc21.[AlH3].[H-].[Li+]. The summed E-state index contributed by atoms with van der Waals surface area (Å²) in [6, 6.07) is 71.6. The normalized spacial score (nSPS) is 16.1. The molecule has 6 atom stereocenters. The number of carboxylic acid groups (broad SMARTS) is 2. The van der Waals surface area contributed by atoms with Crippen molar-refractivity contribution in [2.24, 2.45) is 5.73 Å². The number of ether oxygens (including phenoxy) is 5. The topological polar surface area (TPSA) is 361 Å². The van der Waals surface area contributed by atoms with Crippen LogP contribution in [0.15, 0.2) is 228 Å². The fourth-order valence-electron chi connectivity index (χ4n) is 13.5. The van der Waals surface area contributed by atoms with Crippen molar-refractivity contribution in [2.75, 3.05) is 45.9 Å². The zero-order chi connectivity index (χ0) is 93.3. The zero-order valence-electron chi connectivity index (χ0n) is 77.3. The van der Waals surface area contributed by atoms with E-state index in [4.69, 9.17) is 69.2 Å². The number of aryl methyl sites for hydroxylation is 2. The number of hydrogen-bond acceptors (Lipinski definition) is 20. The van der Waals surface area contributed by atoms with Crippen molar-refractivity contribution in [3.05, 3.63) is 307 Å². The van der Waals surface area contributed by atoms with Crippen LogP contribution in [0, 0.1) is 13.8 Å². The van der Waals surface area contributed by atoms with Crippen LogP contribution in [0.2, 0.25) is 0 Å². The van der Waals surface area contributed by atoms with Crippen LogP contribution in [-0.2, 0) is 106 Å². The number of nitrogens with two attached hydrogens (primary N) is 1. The number of carbonyl (C=O) groups is 6. The summed E-state index contributed by atoms with van der Waals surface area (Å²) in [4.78, 5) is 61.6. The molecule has 0 radical (unpaired) electrons. The number of aliphatic hydroxyl groups is 1. The van der Waals surface area contributed by atoms with Crippen molar-refractivity contribution in [3.8, 4) is 0 Å². The number of Topliss-reactive ketones (excluding diaryl/α,β-unsaturated/α-hetero) is 1. The molecule has 0 spiro atoms. The predicted molar refractivity (Wildman–Crippen MR) is 507 cm³/mol. The molecule has 0 aliphatic heterocycles. The van der Waals surface area contributed by atoms with Gasteiger partial charge in [-0.1, -0.05) is 219 Å². The molecule has 24 nitrogen and oxygen atoms in total. The zero-order valence-corrected chi connectivity index (χ0v) is 78.7. The van der Waals surface area contributed by atoms with E-state index in [0.717, 1.165) is 85.2 Å². The number of amides is 2. The minimum Gasteiger partial charge on any atom is -1.00 e. The summed E-state index contributed by atoms with van der Waals surface area (Å²) in [6.45, 7) is 29.1. The number of halogens is 1. The van der Waals surface area contributed by atoms with Crippen LogP contribution in [-0.4, -0.2) is 149 Å². The Hall–Kier alpha value is -9.36. The van der Waals surface area contributed by atoms with Crippen LogP contribution in [0.25, 0.3) is 0 Å². The second-order valence-corrected chi connectivity index (χ2v) is 37.7. The first-order valence-electron chi connectivity index (χ1n) is 42.8. The molecule has 0 heterocycles. The molecule has 2 amide bonds. The summed E-state index contributed by atoms with van der Waals surface area (Å²) in [7, 11) is -2.14. The molecule has 16 rings (SSSR count). The first-order valence-corrected chi connectivity index (χ1v) is 46.5. The van der Waals surface area contributed by atoms with Crippen LogP contribution in [0.3, 0.4) is 0 Å². The molecule has 9 aromatic carbocycles. The average Bonchev–Trinajstić information content (AvgIpc) is 0.770. The molecule has 6 unspecified atom stereocenters. The summed E-state index contributed by atoms with van der Waals surface area (Å²) in [6.07, 6.45) is 9.31. The van der Waals surface area contributed by atoms with Gasteiger partial charge in [0, 0.05) is 106 Å². The fraction of sp³-hybridized carbons (Fsp3) is 0.400. The molecule has 0 bridgehead atoms. The molecule has 7 aliphatic carbocycles. The standard InChI is InChI=1S/C16H22O3.C15H22N2O2.C15H14O3S.C11H15N.C11H14O.C8H8O.C8H6O.C7H7ClO2S.C7H16N2O2.2CH2O2.Al.Li.4H/c1-16(2,3)19-15(17)9-6-10-18-14-11-12-7-4-5-8-13(12)14;1-15(2,3)19-14(18)17-9-8-16-13-10-11-6-4-5-7-12(11)13;1-11-6-8-13(9-7-11)19(16,17)18-15-10-12-4-2-3-5-14(12)15;2*1-2-7-12-11-8-9-5-3-4-6-10(9)11;2*9-8-5-6-3-1-2-4-7(6)8;1-6-2-4-7(5-3-6)11(8,9)10;1-7(2,3)11-6(10)9-5-4-8;2*2-1-3;;;;;;/h4-5,7-8,14H,6,9-11H2,1-3H3;4-7,13,16H,8-10H2,1-3H3,(H,17,18);2-9,15H,10H2,1H3;3-6,11-12H,2,7-8H2,1H3;3-6,11H,2,7-8H2,1H3;1-4,8-9H,5H2;1-4H,5H2;2-5H,1H3;4-5,8H2,1-3H3,(H,9,10);2*1H,(H,2,3);;;;;;/q;;;;;;;;;;;;+1;;;;-1. The van der Waals surface area contributed by atoms with Gasteiger partial charge in [-0.05, 0) is 211 Å². The number of hydrogen-bond donors (Lipinski definition) is 8. The van der Waals surface area contributed by atoms with Crippen molar-refractivity contribution in [1.29, 1.82) is 0 Å². The van der Waals surface area contributed by atoms with Gasteiger partial charge in [-0.15, -0.1) is 0 Å². The van der Waals surface area contributed by atoms with Gasteiger partial charge in [0.25, 0.3) is 32.1 Å². The summed E-state index contributed by atoms with van der Waals surface area (Å²) in [5.41, 5.74) is 23.9. The fourth-order valence-corrected chi connectivity index (χ4v) is 15.3. The molecule has 0 fully saturated rings. The Balaban J connectivity index is 0.000000377. The third-order valence-corrected chi connectivity index (χ3v) is 22.6. The smallest absolute Gasteiger partial charge is 1.00 e. The van der Waals surface area contributed by atoms with E-state index in [1.165, 1.54) is 80.6 Å². The monoisotopic (exact) mass is 1840 g/mol. The van der Waals surface area contributed by atoms with Crippen molar-refractivity contribution >= 4 is 84.1 Å². The number of carbonyl (C=O) groups excluding carboxylic acids is 4. The molecule has 29 heteroatoms. The van der Waals surface area contributed by atoms with Gasteiger partial charge in [-0.3, -0.25) is 23.4 Å². The van der Waals surface area contributed by atoms with Crippen LogP contribution >= 0.6 is 10.7 Å². The molecule has 129 heavy (non-hydrogen) atoms. The molecular weight excluding hydrogens is 1710 g/mol. The average molecular weight is 1840 g/mol. The van der Waals surface area contributed by atoms with Crippen molar-refractivity contribution in [1.82, 2.24) is 21.3 Å². The van der Waals surface area contributed by atoms with E-state index in [0.29, 0.717) is 70.1 Å². The third-order valence-electron chi connectivity index (χ3n) is 19.9. The first-order chi connectivity index (χ1) is 60.3. The number of benzene rings is 9. The Morgan fingerprint density at radius 3 is 1.18 bits per heavy atom. The van der Waals surface area contributed by atoms with Gasteiger partial charge in [-0.25, -0.2) is 18.0 Å². The van der Waals surface area contributed by atoms with Crippen molar-refractivity contribution in [2.45, 2.75) is 224 Å². The van der Waals surface area contributed by atoms with E-state index in [-0.39, 0.29) is 96.5 Å². The number of aliphatic hydroxyl groups excluding tert-OH is 1. The van der Waals surface area contributed by atoms with Crippen molar-refractivity contribution in [3.63, 3.8) is 0 Å². The maximum absolute atomic E-state index is 12.1. The number of ketones is 1. The largest absolute Gasteiger partial charge is 1.00 e. The second kappa shape index (κ2) is 56.4. The van der Waals surface area contributed by atoms with Crippen LogP contribution < -0.4 is 45.9 Å². The first kappa shape index (κ1) is 112. The molecule has 0 saturated carbocycles. The van der Waals surface area contributed by atoms with E-state index >= 15 is 0 Å². The van der Waals surface area contributed by atoms with E-state index in [2.05, 4.69) is 132 Å². The Morgan fingerprint density at radius 1 is 0.465 bits per heavy atom. The second-order valence-electron chi connectivity index (χ2n) is 33.6.